The number of amides is 1. The second-order valence-corrected chi connectivity index (χ2v) is 15.3. The highest BCUT2D eigenvalue weighted by molar-refractivity contribution is 7.98. The number of carbonyl (C=O) groups excluding carboxylic acids is 1. The molecule has 4 bridgehead atoms. The molecule has 5 atom stereocenters. The van der Waals surface area contributed by atoms with Gasteiger partial charge in [-0.2, -0.15) is 10.2 Å². The van der Waals surface area contributed by atoms with Crippen molar-refractivity contribution in [2.45, 2.75) is 94.8 Å². The summed E-state index contributed by atoms with van der Waals surface area (Å²) in [7, 11) is 0. The number of ether oxygens (including phenoxy) is 1. The number of carbonyl (C=O) groups is 1. The predicted octanol–water partition coefficient (Wildman–Crippen LogP) is 6.28. The summed E-state index contributed by atoms with van der Waals surface area (Å²) in [6, 6.07) is 11.6. The number of hydrogen-bond acceptors (Lipinski definition) is 9. The van der Waals surface area contributed by atoms with Crippen LogP contribution in [0.2, 0.25) is 0 Å². The highest BCUT2D eigenvalue weighted by atomic mass is 32.2. The van der Waals surface area contributed by atoms with Crippen LogP contribution in [0.1, 0.15) is 76.8 Å². The summed E-state index contributed by atoms with van der Waals surface area (Å²) < 4.78 is 5.60. The van der Waals surface area contributed by atoms with Crippen LogP contribution in [0.15, 0.2) is 35.4 Å². The van der Waals surface area contributed by atoms with Crippen LogP contribution in [0.3, 0.4) is 0 Å². The third-order valence-corrected chi connectivity index (χ3v) is 11.0. The lowest BCUT2D eigenvalue weighted by atomic mass is 9.48. The topological polar surface area (TPSA) is 115 Å². The molecule has 2 aromatic rings. The molecule has 4 aliphatic carbocycles. The average Bonchev–Trinajstić information content (AvgIpc) is 3.00. The van der Waals surface area contributed by atoms with Crippen LogP contribution in [0, 0.1) is 34.5 Å². The van der Waals surface area contributed by atoms with Gasteiger partial charge in [-0.25, -0.2) is 9.78 Å². The van der Waals surface area contributed by atoms with E-state index in [4.69, 9.17) is 9.72 Å². The predicted molar refractivity (Wildman–Crippen MR) is 175 cm³/mol. The molecule has 0 radical (unpaired) electrons. The molecule has 1 saturated heterocycles. The smallest absolute Gasteiger partial charge is 0.410 e. The van der Waals surface area contributed by atoms with Gasteiger partial charge in [-0.1, -0.05) is 18.2 Å². The van der Waals surface area contributed by atoms with Gasteiger partial charge in [-0.05, 0) is 107 Å². The number of anilines is 2. The fourth-order valence-corrected chi connectivity index (χ4v) is 9.10. The summed E-state index contributed by atoms with van der Waals surface area (Å²) >= 11 is 1.73. The molecule has 236 valence electrons. The van der Waals surface area contributed by atoms with E-state index >= 15 is 0 Å². The lowest BCUT2D eigenvalue weighted by molar-refractivity contribution is -0.0735. The molecule has 1 aromatic heterocycles. The first-order valence-electron chi connectivity index (χ1n) is 16.2. The van der Waals surface area contributed by atoms with E-state index in [9.17, 15) is 10.1 Å². The van der Waals surface area contributed by atoms with Gasteiger partial charge in [0, 0.05) is 43.2 Å². The van der Waals surface area contributed by atoms with E-state index in [0.717, 1.165) is 38.4 Å². The van der Waals surface area contributed by atoms with Crippen LogP contribution in [-0.4, -0.2) is 64.5 Å². The monoisotopic (exact) mass is 617 g/mol. The van der Waals surface area contributed by atoms with Gasteiger partial charge in [-0.15, -0.1) is 11.8 Å². The van der Waals surface area contributed by atoms with E-state index in [1.165, 1.54) is 42.6 Å². The van der Waals surface area contributed by atoms with Gasteiger partial charge in [0.05, 0.1) is 6.20 Å². The van der Waals surface area contributed by atoms with Crippen molar-refractivity contribution in [1.29, 1.82) is 5.26 Å². The summed E-state index contributed by atoms with van der Waals surface area (Å²) in [5.74, 6) is 3.32. The highest BCUT2D eigenvalue weighted by Gasteiger charge is 2.55. The summed E-state index contributed by atoms with van der Waals surface area (Å²) in [6.45, 7) is 8.76. The zero-order chi connectivity index (χ0) is 30.9. The van der Waals surface area contributed by atoms with Crippen LogP contribution >= 0.6 is 11.8 Å². The van der Waals surface area contributed by atoms with Crippen molar-refractivity contribution >= 4 is 29.6 Å². The lowest BCUT2D eigenvalue weighted by Gasteiger charge is -2.61. The van der Waals surface area contributed by atoms with Gasteiger partial charge in [-0.3, -0.25) is 0 Å². The second-order valence-electron chi connectivity index (χ2n) is 14.5. The van der Waals surface area contributed by atoms with Crippen LogP contribution in [0.25, 0.3) is 0 Å². The van der Waals surface area contributed by atoms with Crippen molar-refractivity contribution in [3.8, 4) is 6.07 Å². The van der Waals surface area contributed by atoms with Crippen molar-refractivity contribution in [1.82, 2.24) is 20.2 Å². The Bertz CT molecular complexity index is 1360. The average molecular weight is 618 g/mol. The van der Waals surface area contributed by atoms with Crippen molar-refractivity contribution in [3.05, 3.63) is 41.6 Å². The molecule has 10 heteroatoms. The Balaban J connectivity index is 1.05. The Hall–Kier alpha value is -3.03. The molecule has 44 heavy (non-hydrogen) atoms. The fourth-order valence-electron chi connectivity index (χ4n) is 8.49. The second kappa shape index (κ2) is 12.8. The van der Waals surface area contributed by atoms with E-state index in [2.05, 4.69) is 51.5 Å². The summed E-state index contributed by atoms with van der Waals surface area (Å²) in [5, 5.41) is 20.9. The van der Waals surface area contributed by atoms with E-state index in [1.54, 1.807) is 18.0 Å². The number of nitrogens with one attached hydrogen (secondary N) is 3. The van der Waals surface area contributed by atoms with E-state index in [0.29, 0.717) is 47.8 Å². The molecule has 5 aliphatic rings. The number of rotatable bonds is 9. The molecule has 0 spiro atoms. The minimum absolute atomic E-state index is 0.188. The number of nitriles is 1. The molecule has 9 nitrogen and oxygen atoms in total. The molecule has 1 amide bonds. The van der Waals surface area contributed by atoms with Crippen molar-refractivity contribution in [2.24, 2.45) is 23.2 Å². The molecule has 4 saturated carbocycles. The van der Waals surface area contributed by atoms with E-state index in [1.807, 2.05) is 31.7 Å². The quantitative estimate of drug-likeness (QED) is 0.280. The summed E-state index contributed by atoms with van der Waals surface area (Å²) in [6.07, 6.45) is 11.8. The van der Waals surface area contributed by atoms with Crippen LogP contribution < -0.4 is 16.0 Å². The van der Waals surface area contributed by atoms with Crippen LogP contribution in [-0.2, 0) is 11.3 Å². The molecular formula is C34H47N7O2S. The first-order chi connectivity index (χ1) is 21.1. The van der Waals surface area contributed by atoms with Crippen LogP contribution in [0.5, 0.6) is 0 Å². The third-order valence-electron chi connectivity index (χ3n) is 10.1. The number of thioether (sulfide) groups is 1. The first-order valence-corrected chi connectivity index (χ1v) is 17.5. The molecule has 2 heterocycles. The number of piperidine rings is 1. The van der Waals surface area contributed by atoms with E-state index < -0.39 is 5.60 Å². The number of likely N-dealkylation sites (tertiary alicyclic amines) is 1. The lowest BCUT2D eigenvalue weighted by Crippen LogP contribution is -2.62. The third kappa shape index (κ3) is 6.94. The number of benzene rings is 1. The molecule has 3 N–H and O–H groups in total. The van der Waals surface area contributed by atoms with Crippen molar-refractivity contribution in [2.75, 3.05) is 36.5 Å². The Kier molecular flexibility index (Phi) is 8.98. The first kappa shape index (κ1) is 31.0. The Labute approximate surface area is 266 Å². The summed E-state index contributed by atoms with van der Waals surface area (Å²) in [4.78, 5) is 24.8. The van der Waals surface area contributed by atoms with Crippen molar-refractivity contribution < 1.29 is 9.53 Å². The Morgan fingerprint density at radius 2 is 1.86 bits per heavy atom. The summed E-state index contributed by atoms with van der Waals surface area (Å²) in [5.41, 5.74) is 1.48. The van der Waals surface area contributed by atoms with Gasteiger partial charge in [0.2, 0.25) is 5.95 Å². The Morgan fingerprint density at radius 1 is 1.14 bits per heavy atom. The molecule has 1 aromatic carbocycles. The fraction of sp³-hybridized carbons (Fsp3) is 0.647. The zero-order valence-corrected chi connectivity index (χ0v) is 27.4. The maximum atomic E-state index is 12.5. The van der Waals surface area contributed by atoms with Crippen LogP contribution in [0.4, 0.5) is 16.6 Å². The van der Waals surface area contributed by atoms with Gasteiger partial charge < -0.3 is 25.6 Å². The SMILES string of the molecule is CSc1ccccc1CNc1ncc(C#N)c(NC[C@]23CC4C[C@H](C2)[C@@H](NC2CCN(C(=O)OC(C)(C)C)CC2)[C@@H](C4)C3)n1. The van der Waals surface area contributed by atoms with E-state index in [-0.39, 0.29) is 11.5 Å². The number of aromatic nitrogens is 2. The normalized spacial score (nSPS) is 28.0. The molecule has 7 rings (SSSR count). The zero-order valence-electron chi connectivity index (χ0n) is 26.6. The van der Waals surface area contributed by atoms with Gasteiger partial charge in [0.1, 0.15) is 23.1 Å². The van der Waals surface area contributed by atoms with Crippen molar-refractivity contribution in [3.63, 3.8) is 0 Å². The minimum Gasteiger partial charge on any atom is -0.444 e. The maximum absolute atomic E-state index is 12.5. The maximum Gasteiger partial charge on any atom is 0.410 e. The Morgan fingerprint density at radius 3 is 2.55 bits per heavy atom. The van der Waals surface area contributed by atoms with Gasteiger partial charge in [0.25, 0.3) is 0 Å². The molecular weight excluding hydrogens is 570 g/mol. The molecule has 1 aliphatic heterocycles. The molecule has 1 unspecified atom stereocenters. The standard InChI is InChI=1S/C34H47N7O2S/c1-33(2,3)43-32(42)41-11-9-27(10-12-41)39-29-24-13-22-14-25(29)17-34(15-22,16-24)21-38-30-26(18-35)20-37-31(40-30)36-19-23-7-5-6-8-28(23)44-4/h5-8,20,22,24-25,27,29,39H,9-17,19,21H2,1-4H3,(H2,36,37,38,40)/t22?,24-,25+,29-,34-. The number of hydrogen-bond donors (Lipinski definition) is 3. The molecule has 5 fully saturated rings. The minimum atomic E-state index is -0.458. The van der Waals surface area contributed by atoms with Gasteiger partial charge >= 0.3 is 6.09 Å². The highest BCUT2D eigenvalue weighted by Crippen LogP contribution is 2.60. The largest absolute Gasteiger partial charge is 0.444 e. The van der Waals surface area contributed by atoms with Gasteiger partial charge in [0.15, 0.2) is 0 Å². The number of nitrogens with zero attached hydrogens (tertiary/aromatic N) is 4.